The Kier molecular flexibility index (Phi) is 7.05. The van der Waals surface area contributed by atoms with Crippen molar-refractivity contribution >= 4 is 10.8 Å². The maximum absolute atomic E-state index is 11.7. The topological polar surface area (TPSA) is 61.5 Å². The Morgan fingerprint density at radius 2 is 1.89 bits per heavy atom. The lowest BCUT2D eigenvalue weighted by Gasteiger charge is -2.14. The molecule has 0 aliphatic rings. The minimum atomic E-state index is -0.946. The molecule has 1 rings (SSSR count). The van der Waals surface area contributed by atoms with Crippen LogP contribution in [-0.4, -0.2) is 35.5 Å². The Hall–Kier alpha value is -0.910. The van der Waals surface area contributed by atoms with Gasteiger partial charge in [0.25, 0.3) is 0 Å². The molecule has 0 heterocycles. The van der Waals surface area contributed by atoms with Gasteiger partial charge in [-0.05, 0) is 31.5 Å². The summed E-state index contributed by atoms with van der Waals surface area (Å²) in [6, 6.07) is 7.43. The van der Waals surface area contributed by atoms with Crippen LogP contribution in [0.2, 0.25) is 0 Å². The lowest BCUT2D eigenvalue weighted by molar-refractivity contribution is 0.218. The molecule has 2 atom stereocenters. The second kappa shape index (κ2) is 8.30. The number of benzene rings is 1. The molecule has 0 bridgehead atoms. The first-order chi connectivity index (χ1) is 9.02. The molecule has 2 N–H and O–H groups in total. The first kappa shape index (κ1) is 16.1. The molecule has 0 amide bonds. The van der Waals surface area contributed by atoms with Crippen LogP contribution in [0.4, 0.5) is 0 Å². The molecule has 19 heavy (non-hydrogen) atoms. The van der Waals surface area contributed by atoms with Crippen molar-refractivity contribution in [3.05, 3.63) is 29.8 Å². The fourth-order valence-electron chi connectivity index (χ4n) is 1.62. The van der Waals surface area contributed by atoms with E-state index in [-0.39, 0.29) is 12.1 Å². The molecule has 2 unspecified atom stereocenters. The van der Waals surface area contributed by atoms with Crippen LogP contribution in [-0.2, 0) is 15.5 Å². The van der Waals surface area contributed by atoms with Gasteiger partial charge in [0.2, 0.25) is 0 Å². The molecule has 0 aliphatic heterocycles. The minimum Gasteiger partial charge on any atom is -0.491 e. The van der Waals surface area contributed by atoms with E-state index in [1.807, 2.05) is 38.1 Å². The predicted octanol–water partition coefficient (Wildman–Crippen LogP) is 1.87. The van der Waals surface area contributed by atoms with E-state index in [0.717, 1.165) is 11.3 Å². The van der Waals surface area contributed by atoms with E-state index in [1.54, 1.807) is 7.11 Å². The van der Waals surface area contributed by atoms with Crippen LogP contribution in [0, 0.1) is 0 Å². The zero-order chi connectivity index (χ0) is 14.3. The second-order valence-corrected chi connectivity index (χ2v) is 6.27. The molecule has 1 aromatic rings. The van der Waals surface area contributed by atoms with Crippen molar-refractivity contribution in [3.63, 3.8) is 0 Å². The fourth-order valence-corrected chi connectivity index (χ4v) is 2.73. The molecule has 0 radical (unpaired) electrons. The average Bonchev–Trinajstić information content (AvgIpc) is 2.36. The zero-order valence-electron chi connectivity index (χ0n) is 11.8. The quantitative estimate of drug-likeness (QED) is 0.792. The van der Waals surface area contributed by atoms with Gasteiger partial charge in [-0.25, -0.2) is 0 Å². The second-order valence-electron chi connectivity index (χ2n) is 4.65. The minimum absolute atomic E-state index is 0.154. The summed E-state index contributed by atoms with van der Waals surface area (Å²) in [7, 11) is 0.656. The third-order valence-corrected chi connectivity index (χ3v) is 3.91. The summed E-state index contributed by atoms with van der Waals surface area (Å²) in [6.45, 7) is 4.47. The van der Waals surface area contributed by atoms with Crippen molar-refractivity contribution in [1.82, 2.24) is 0 Å². The summed E-state index contributed by atoms with van der Waals surface area (Å²) in [6.07, 6.45) is 0.154. The van der Waals surface area contributed by atoms with E-state index in [0.29, 0.717) is 18.1 Å². The SMILES string of the molecule is COCCS(=O)CC(N)c1ccc(OC(C)C)cc1. The van der Waals surface area contributed by atoms with E-state index in [1.165, 1.54) is 0 Å². The van der Waals surface area contributed by atoms with E-state index in [4.69, 9.17) is 15.2 Å². The number of methoxy groups -OCH3 is 1. The number of rotatable bonds is 8. The van der Waals surface area contributed by atoms with Crippen molar-refractivity contribution in [1.29, 1.82) is 0 Å². The number of hydrogen-bond acceptors (Lipinski definition) is 4. The van der Waals surface area contributed by atoms with Crippen molar-refractivity contribution in [3.8, 4) is 5.75 Å². The Labute approximate surface area is 117 Å². The highest BCUT2D eigenvalue weighted by atomic mass is 32.2. The number of nitrogens with two attached hydrogens (primary N) is 1. The van der Waals surface area contributed by atoms with Crippen LogP contribution in [0.1, 0.15) is 25.5 Å². The van der Waals surface area contributed by atoms with E-state index in [9.17, 15) is 4.21 Å². The van der Waals surface area contributed by atoms with Crippen molar-refractivity contribution in [2.24, 2.45) is 5.73 Å². The fraction of sp³-hybridized carbons (Fsp3) is 0.571. The monoisotopic (exact) mass is 285 g/mol. The summed E-state index contributed by atoms with van der Waals surface area (Å²) in [4.78, 5) is 0. The van der Waals surface area contributed by atoms with Gasteiger partial charge in [-0.15, -0.1) is 0 Å². The van der Waals surface area contributed by atoms with Gasteiger partial charge in [0.15, 0.2) is 0 Å². The van der Waals surface area contributed by atoms with Crippen LogP contribution in [0.5, 0.6) is 5.75 Å². The van der Waals surface area contributed by atoms with Gasteiger partial charge in [0, 0.05) is 35.5 Å². The van der Waals surface area contributed by atoms with E-state index >= 15 is 0 Å². The van der Waals surface area contributed by atoms with Crippen LogP contribution >= 0.6 is 0 Å². The highest BCUT2D eigenvalue weighted by Crippen LogP contribution is 2.18. The first-order valence-electron chi connectivity index (χ1n) is 6.39. The third kappa shape index (κ3) is 6.18. The molecular weight excluding hydrogens is 262 g/mol. The number of ether oxygens (including phenoxy) is 2. The summed E-state index contributed by atoms with van der Waals surface area (Å²) < 4.78 is 22.2. The van der Waals surface area contributed by atoms with Crippen molar-refractivity contribution in [2.75, 3.05) is 25.2 Å². The van der Waals surface area contributed by atoms with Crippen LogP contribution in [0.15, 0.2) is 24.3 Å². The normalized spacial score (nSPS) is 14.4. The van der Waals surface area contributed by atoms with Crippen LogP contribution < -0.4 is 10.5 Å². The molecule has 1 aromatic carbocycles. The van der Waals surface area contributed by atoms with Gasteiger partial charge < -0.3 is 15.2 Å². The smallest absolute Gasteiger partial charge is 0.119 e. The molecule has 0 aliphatic carbocycles. The van der Waals surface area contributed by atoms with Gasteiger partial charge >= 0.3 is 0 Å². The largest absolute Gasteiger partial charge is 0.491 e. The van der Waals surface area contributed by atoms with Crippen molar-refractivity contribution < 1.29 is 13.7 Å². The molecule has 4 nitrogen and oxygen atoms in total. The molecule has 108 valence electrons. The Morgan fingerprint density at radius 3 is 2.42 bits per heavy atom. The lowest BCUT2D eigenvalue weighted by Crippen LogP contribution is -2.20. The molecule has 0 fully saturated rings. The average molecular weight is 285 g/mol. The standard InChI is InChI=1S/C14H23NO3S/c1-11(2)18-13-6-4-12(5-7-13)14(15)10-19(16)9-8-17-3/h4-7,11,14H,8-10,15H2,1-3H3. The Balaban J connectivity index is 2.52. The maximum atomic E-state index is 11.7. The van der Waals surface area contributed by atoms with Gasteiger partial charge in [-0.1, -0.05) is 12.1 Å². The van der Waals surface area contributed by atoms with Gasteiger partial charge in [0.05, 0.1) is 12.7 Å². The first-order valence-corrected chi connectivity index (χ1v) is 7.88. The number of hydrogen-bond donors (Lipinski definition) is 1. The van der Waals surface area contributed by atoms with Crippen LogP contribution in [0.3, 0.4) is 0 Å². The molecule has 0 spiro atoms. The summed E-state index contributed by atoms with van der Waals surface area (Å²) >= 11 is 0. The molecule has 0 aromatic heterocycles. The molecule has 0 saturated carbocycles. The predicted molar refractivity (Wildman–Crippen MR) is 78.9 cm³/mol. The zero-order valence-corrected chi connectivity index (χ0v) is 12.6. The Bertz CT molecular complexity index is 392. The Morgan fingerprint density at radius 1 is 1.26 bits per heavy atom. The third-order valence-electron chi connectivity index (χ3n) is 2.56. The maximum Gasteiger partial charge on any atom is 0.119 e. The van der Waals surface area contributed by atoms with Gasteiger partial charge in [-0.3, -0.25) is 4.21 Å². The van der Waals surface area contributed by atoms with Crippen molar-refractivity contribution in [2.45, 2.75) is 26.0 Å². The van der Waals surface area contributed by atoms with E-state index < -0.39 is 10.8 Å². The summed E-state index contributed by atoms with van der Waals surface area (Å²) in [5, 5.41) is 0. The molecule has 5 heteroatoms. The van der Waals surface area contributed by atoms with Gasteiger partial charge in [0.1, 0.15) is 5.75 Å². The lowest BCUT2D eigenvalue weighted by atomic mass is 10.1. The summed E-state index contributed by atoms with van der Waals surface area (Å²) in [5.74, 6) is 1.80. The van der Waals surface area contributed by atoms with Gasteiger partial charge in [-0.2, -0.15) is 0 Å². The molecule has 0 saturated heterocycles. The summed E-state index contributed by atoms with van der Waals surface area (Å²) in [5.41, 5.74) is 7.02. The van der Waals surface area contributed by atoms with Crippen LogP contribution in [0.25, 0.3) is 0 Å². The molecular formula is C14H23NO3S. The highest BCUT2D eigenvalue weighted by Gasteiger charge is 2.10. The highest BCUT2D eigenvalue weighted by molar-refractivity contribution is 7.85. The van der Waals surface area contributed by atoms with E-state index in [2.05, 4.69) is 0 Å².